The van der Waals surface area contributed by atoms with Crippen LogP contribution in [0.25, 0.3) is 11.1 Å². The number of carbonyl (C=O) groups is 2. The smallest absolute Gasteiger partial charge is 0.274 e. The zero-order chi connectivity index (χ0) is 26.1. The van der Waals surface area contributed by atoms with Crippen molar-refractivity contribution in [3.05, 3.63) is 53.6 Å². The summed E-state index contributed by atoms with van der Waals surface area (Å²) < 4.78 is 0. The Labute approximate surface area is 217 Å². The molecule has 9 nitrogen and oxygen atoms in total. The number of hydrogen-bond acceptors (Lipinski definition) is 5. The molecule has 2 aliphatic carbocycles. The van der Waals surface area contributed by atoms with Crippen molar-refractivity contribution < 1.29 is 14.7 Å². The second-order valence-corrected chi connectivity index (χ2v) is 10.6. The summed E-state index contributed by atoms with van der Waals surface area (Å²) in [5.41, 5.74) is 4.88. The van der Waals surface area contributed by atoms with E-state index >= 15 is 0 Å². The highest BCUT2D eigenvalue weighted by atomic mass is 16.3. The number of amides is 2. The molecule has 37 heavy (non-hydrogen) atoms. The van der Waals surface area contributed by atoms with Crippen LogP contribution in [0.1, 0.15) is 67.3 Å². The molecule has 0 radical (unpaired) electrons. The van der Waals surface area contributed by atoms with Crippen molar-refractivity contribution in [1.29, 1.82) is 0 Å². The number of aliphatic hydroxyl groups is 1. The molecule has 3 aromatic rings. The number of nitrogens with one attached hydrogen (secondary N) is 3. The second kappa shape index (κ2) is 10.5. The highest BCUT2D eigenvalue weighted by molar-refractivity contribution is 6.01. The van der Waals surface area contributed by atoms with Gasteiger partial charge in [0.05, 0.1) is 5.69 Å². The normalized spacial score (nSPS) is 17.6. The summed E-state index contributed by atoms with van der Waals surface area (Å²) in [6.07, 6.45) is 6.85. The van der Waals surface area contributed by atoms with Gasteiger partial charge >= 0.3 is 0 Å². The molecule has 2 heterocycles. The number of aromatic amines is 2. The van der Waals surface area contributed by atoms with E-state index in [1.165, 1.54) is 11.1 Å². The summed E-state index contributed by atoms with van der Waals surface area (Å²) >= 11 is 0. The van der Waals surface area contributed by atoms with Crippen LogP contribution < -0.4 is 5.32 Å². The fraction of sp³-hybridized carbons (Fsp3) is 0.500. The summed E-state index contributed by atoms with van der Waals surface area (Å²) in [7, 11) is 0. The topological polar surface area (TPSA) is 127 Å². The van der Waals surface area contributed by atoms with Gasteiger partial charge in [0.15, 0.2) is 0 Å². The van der Waals surface area contributed by atoms with Gasteiger partial charge in [-0.15, -0.1) is 0 Å². The SMILES string of the molecule is Cc1n[nH]c(C)c1-c1ccc(NC(=O)[C@H](C(C2CCC2)C2CCC2)N(C(=O)c2ccn[nH]2)C(C)O)cc1. The number of benzene rings is 1. The molecule has 2 fully saturated rings. The number of nitrogens with zero attached hydrogens (tertiary/aromatic N) is 3. The lowest BCUT2D eigenvalue weighted by Crippen LogP contribution is -2.59. The summed E-state index contributed by atoms with van der Waals surface area (Å²) in [5.74, 6) is 0.0515. The Hall–Kier alpha value is -3.46. The van der Waals surface area contributed by atoms with E-state index in [4.69, 9.17) is 0 Å². The largest absolute Gasteiger partial charge is 0.374 e. The molecule has 5 rings (SSSR count). The van der Waals surface area contributed by atoms with Crippen molar-refractivity contribution in [2.75, 3.05) is 5.32 Å². The fourth-order valence-corrected chi connectivity index (χ4v) is 5.99. The van der Waals surface area contributed by atoms with Crippen LogP contribution in [0.3, 0.4) is 0 Å². The van der Waals surface area contributed by atoms with Crippen LogP contribution >= 0.6 is 0 Å². The Balaban J connectivity index is 1.46. The Bertz CT molecular complexity index is 1190. The molecule has 2 amide bonds. The molecule has 0 aliphatic heterocycles. The fourth-order valence-electron chi connectivity index (χ4n) is 5.99. The van der Waals surface area contributed by atoms with Gasteiger partial charge in [-0.3, -0.25) is 24.7 Å². The van der Waals surface area contributed by atoms with Gasteiger partial charge in [-0.1, -0.05) is 50.7 Å². The molecule has 0 bridgehead atoms. The van der Waals surface area contributed by atoms with Gasteiger partial charge in [0.1, 0.15) is 18.0 Å². The molecule has 196 valence electrons. The summed E-state index contributed by atoms with van der Waals surface area (Å²) in [5, 5.41) is 27.8. The van der Waals surface area contributed by atoms with Crippen molar-refractivity contribution in [2.45, 2.75) is 71.6 Å². The summed E-state index contributed by atoms with van der Waals surface area (Å²) in [6.45, 7) is 5.50. The van der Waals surface area contributed by atoms with Crippen LogP contribution in [-0.2, 0) is 4.79 Å². The van der Waals surface area contributed by atoms with Crippen LogP contribution in [0, 0.1) is 31.6 Å². The van der Waals surface area contributed by atoms with E-state index in [-0.39, 0.29) is 17.5 Å². The number of aromatic nitrogens is 4. The number of anilines is 1. The lowest BCUT2D eigenvalue weighted by molar-refractivity contribution is -0.131. The second-order valence-electron chi connectivity index (χ2n) is 10.6. The van der Waals surface area contributed by atoms with Gasteiger partial charge in [-0.2, -0.15) is 10.2 Å². The number of rotatable bonds is 9. The molecule has 2 aromatic heterocycles. The molecule has 0 saturated heterocycles. The Morgan fingerprint density at radius 3 is 2.14 bits per heavy atom. The molecule has 1 aromatic carbocycles. The third kappa shape index (κ3) is 4.92. The first-order valence-electron chi connectivity index (χ1n) is 13.3. The van der Waals surface area contributed by atoms with E-state index in [0.29, 0.717) is 17.5 Å². The van der Waals surface area contributed by atoms with Crippen LogP contribution in [-0.4, -0.2) is 54.5 Å². The zero-order valence-electron chi connectivity index (χ0n) is 21.7. The minimum Gasteiger partial charge on any atom is -0.374 e. The quantitative estimate of drug-likeness (QED) is 0.321. The van der Waals surface area contributed by atoms with E-state index in [0.717, 1.165) is 61.0 Å². The van der Waals surface area contributed by atoms with Gasteiger partial charge < -0.3 is 10.4 Å². The minimum absolute atomic E-state index is 0.000487. The van der Waals surface area contributed by atoms with E-state index in [1.54, 1.807) is 13.0 Å². The molecule has 9 heteroatoms. The highest BCUT2D eigenvalue weighted by Gasteiger charge is 2.48. The number of H-pyrrole nitrogens is 2. The monoisotopic (exact) mass is 504 g/mol. The number of aliphatic hydroxyl groups excluding tert-OH is 1. The van der Waals surface area contributed by atoms with Gasteiger partial charge in [-0.05, 0) is 62.3 Å². The van der Waals surface area contributed by atoms with Crippen LogP contribution in [0.15, 0.2) is 36.5 Å². The van der Waals surface area contributed by atoms with Crippen molar-refractivity contribution in [3.63, 3.8) is 0 Å². The molecule has 2 atom stereocenters. The molecule has 4 N–H and O–H groups in total. The minimum atomic E-state index is -1.14. The maximum atomic E-state index is 14.0. The van der Waals surface area contributed by atoms with Crippen molar-refractivity contribution in [1.82, 2.24) is 25.3 Å². The van der Waals surface area contributed by atoms with Gasteiger partial charge in [-0.25, -0.2) is 0 Å². The third-order valence-electron chi connectivity index (χ3n) is 8.26. The molecule has 1 unspecified atom stereocenters. The third-order valence-corrected chi connectivity index (χ3v) is 8.26. The maximum absolute atomic E-state index is 14.0. The lowest BCUT2D eigenvalue weighted by Gasteiger charge is -2.49. The lowest BCUT2D eigenvalue weighted by atomic mass is 9.61. The standard InChI is InChI=1S/C28H36N6O3/c1-16-24(17(2)32-31-16)21-10-12-22(13-11-21)30-27(36)26(25(19-6-4-7-19)20-8-5-9-20)34(18(3)35)28(37)23-14-15-29-33-23/h10-15,18-20,25-26,35H,4-9H2,1-3H3,(H,29,33)(H,30,36)(H,31,32)/t18?,26-/m0/s1. The average Bonchev–Trinajstić information content (AvgIpc) is 3.45. The Morgan fingerprint density at radius 1 is 1.03 bits per heavy atom. The molecular formula is C28H36N6O3. The summed E-state index contributed by atoms with van der Waals surface area (Å²) in [4.78, 5) is 28.9. The van der Waals surface area contributed by atoms with Crippen LogP contribution in [0.2, 0.25) is 0 Å². The van der Waals surface area contributed by atoms with Crippen molar-refractivity contribution >= 4 is 17.5 Å². The molecular weight excluding hydrogens is 468 g/mol. The summed E-state index contributed by atoms with van der Waals surface area (Å²) in [6, 6.07) is 8.47. The van der Waals surface area contributed by atoms with Crippen molar-refractivity contribution in [2.24, 2.45) is 17.8 Å². The number of hydrogen-bond donors (Lipinski definition) is 4. The Morgan fingerprint density at radius 2 is 1.68 bits per heavy atom. The predicted octanol–water partition coefficient (Wildman–Crippen LogP) is 4.42. The van der Waals surface area contributed by atoms with Gasteiger partial charge in [0.25, 0.3) is 5.91 Å². The van der Waals surface area contributed by atoms with E-state index in [9.17, 15) is 14.7 Å². The zero-order valence-corrected chi connectivity index (χ0v) is 21.7. The first-order valence-corrected chi connectivity index (χ1v) is 13.3. The number of carbonyl (C=O) groups excluding carboxylic acids is 2. The average molecular weight is 505 g/mol. The maximum Gasteiger partial charge on any atom is 0.274 e. The van der Waals surface area contributed by atoms with Crippen LogP contribution in [0.4, 0.5) is 5.69 Å². The van der Waals surface area contributed by atoms with Crippen molar-refractivity contribution in [3.8, 4) is 11.1 Å². The first kappa shape index (κ1) is 25.2. The van der Waals surface area contributed by atoms with Gasteiger partial charge in [0.2, 0.25) is 5.91 Å². The van der Waals surface area contributed by atoms with E-state index < -0.39 is 18.2 Å². The van der Waals surface area contributed by atoms with E-state index in [2.05, 4.69) is 25.7 Å². The highest BCUT2D eigenvalue weighted by Crippen LogP contribution is 2.47. The van der Waals surface area contributed by atoms with E-state index in [1.807, 2.05) is 38.1 Å². The van der Waals surface area contributed by atoms with Crippen LogP contribution in [0.5, 0.6) is 0 Å². The van der Waals surface area contributed by atoms with Gasteiger partial charge in [0, 0.05) is 23.1 Å². The molecule has 2 aliphatic rings. The number of aryl methyl sites for hydroxylation is 2. The molecule has 0 spiro atoms. The Kier molecular flexibility index (Phi) is 7.15. The first-order chi connectivity index (χ1) is 17.8. The molecule has 2 saturated carbocycles. The predicted molar refractivity (Wildman–Crippen MR) is 141 cm³/mol.